The molecule has 0 amide bonds. The molecule has 0 N–H and O–H groups in total. The molecule has 6 nitrogen and oxygen atoms in total. The first-order valence-electron chi connectivity index (χ1n) is 7.78. The molecule has 2 heterocycles. The van der Waals surface area contributed by atoms with Gasteiger partial charge in [-0.25, -0.2) is 4.68 Å². The van der Waals surface area contributed by atoms with Crippen LogP contribution in [-0.4, -0.2) is 31.7 Å². The van der Waals surface area contributed by atoms with E-state index in [1.165, 1.54) is 11.3 Å². The molecule has 0 atom stereocenters. The third-order valence-electron chi connectivity index (χ3n) is 3.48. The number of ether oxygens (including phenoxy) is 2. The molecular formula is C18H19N3O3S. The Morgan fingerprint density at radius 3 is 2.72 bits per heavy atom. The molecule has 130 valence electrons. The van der Waals surface area contributed by atoms with Crippen molar-refractivity contribution in [3.63, 3.8) is 0 Å². The second-order valence-corrected chi connectivity index (χ2v) is 5.86. The maximum atomic E-state index is 5.50. The normalized spacial score (nSPS) is 12.0. The van der Waals surface area contributed by atoms with Gasteiger partial charge in [0.2, 0.25) is 4.80 Å². The highest BCUT2D eigenvalue weighted by atomic mass is 32.1. The second kappa shape index (κ2) is 7.85. The van der Waals surface area contributed by atoms with Gasteiger partial charge in [0.15, 0.2) is 17.3 Å². The van der Waals surface area contributed by atoms with Gasteiger partial charge >= 0.3 is 0 Å². The van der Waals surface area contributed by atoms with Crippen LogP contribution in [0.1, 0.15) is 12.5 Å². The summed E-state index contributed by atoms with van der Waals surface area (Å²) in [7, 11) is 3.22. The van der Waals surface area contributed by atoms with Gasteiger partial charge in [0.05, 0.1) is 26.7 Å². The molecule has 3 aromatic rings. The summed E-state index contributed by atoms with van der Waals surface area (Å²) in [5.41, 5.74) is 1.75. The van der Waals surface area contributed by atoms with Gasteiger partial charge in [-0.3, -0.25) is 4.99 Å². The van der Waals surface area contributed by atoms with Crippen molar-refractivity contribution < 1.29 is 13.9 Å². The number of hydrogen-bond acceptors (Lipinski definition) is 6. The molecule has 3 rings (SSSR count). The highest BCUT2D eigenvalue weighted by Gasteiger charge is 2.10. The number of aromatic nitrogens is 1. The number of furan rings is 1. The molecule has 2 aromatic heterocycles. The molecule has 0 radical (unpaired) electrons. The van der Waals surface area contributed by atoms with Crippen LogP contribution in [0.4, 0.5) is 0 Å². The predicted molar refractivity (Wildman–Crippen MR) is 98.7 cm³/mol. The Balaban J connectivity index is 2.01. The average Bonchev–Trinajstić information content (AvgIpc) is 3.29. The predicted octanol–water partition coefficient (Wildman–Crippen LogP) is 3.63. The van der Waals surface area contributed by atoms with Crippen LogP contribution in [0, 0.1) is 0 Å². The van der Waals surface area contributed by atoms with Crippen LogP contribution >= 0.6 is 11.3 Å². The molecule has 0 aliphatic heterocycles. The summed E-state index contributed by atoms with van der Waals surface area (Å²) in [6.45, 7) is 2.68. The van der Waals surface area contributed by atoms with Gasteiger partial charge in [-0.1, -0.05) is 0 Å². The van der Waals surface area contributed by atoms with Gasteiger partial charge in [0.25, 0.3) is 0 Å². The monoisotopic (exact) mass is 357 g/mol. The summed E-state index contributed by atoms with van der Waals surface area (Å²) in [5.74, 6) is 2.09. The Morgan fingerprint density at radius 1 is 1.20 bits per heavy atom. The molecule has 25 heavy (non-hydrogen) atoms. The lowest BCUT2D eigenvalue weighted by molar-refractivity contribution is 0.355. The van der Waals surface area contributed by atoms with Gasteiger partial charge in [-0.2, -0.15) is 5.10 Å². The van der Waals surface area contributed by atoms with Crippen LogP contribution in [0.2, 0.25) is 0 Å². The first-order valence-corrected chi connectivity index (χ1v) is 8.66. The lowest BCUT2D eigenvalue weighted by atomic mass is 10.2. The van der Waals surface area contributed by atoms with E-state index in [0.29, 0.717) is 18.0 Å². The first-order chi connectivity index (χ1) is 12.3. The van der Waals surface area contributed by atoms with E-state index in [0.717, 1.165) is 21.8 Å². The Morgan fingerprint density at radius 2 is 2.04 bits per heavy atom. The van der Waals surface area contributed by atoms with Crippen LogP contribution in [0.5, 0.6) is 11.5 Å². The number of nitrogens with zero attached hydrogens (tertiary/aromatic N) is 3. The van der Waals surface area contributed by atoms with Gasteiger partial charge in [0, 0.05) is 11.9 Å². The molecule has 0 saturated heterocycles. The molecule has 1 aromatic carbocycles. The van der Waals surface area contributed by atoms with Crippen molar-refractivity contribution in [3.05, 3.63) is 52.3 Å². The molecule has 0 saturated carbocycles. The van der Waals surface area contributed by atoms with Crippen molar-refractivity contribution in [2.24, 2.45) is 10.1 Å². The standard InChI is InChI=1S/C18H19N3O3S/c1-4-19-18-21(14(12-25-18)15-6-5-9-24-15)20-11-13-7-8-16(22-2)17(10-13)23-3/h5-12H,4H2,1-3H3. The van der Waals surface area contributed by atoms with Gasteiger partial charge < -0.3 is 13.9 Å². The SMILES string of the molecule is CCN=c1scc(-c2ccco2)n1N=Cc1ccc(OC)c(OC)c1. The molecule has 0 aliphatic rings. The van der Waals surface area contributed by atoms with Gasteiger partial charge in [-0.15, -0.1) is 11.3 Å². The largest absolute Gasteiger partial charge is 0.493 e. The summed E-state index contributed by atoms with van der Waals surface area (Å²) < 4.78 is 17.9. The number of thiazole rings is 1. The van der Waals surface area contributed by atoms with Crippen LogP contribution in [0.15, 0.2) is 56.5 Å². The Kier molecular flexibility index (Phi) is 5.35. The maximum absolute atomic E-state index is 5.50. The van der Waals surface area contributed by atoms with E-state index in [9.17, 15) is 0 Å². The third kappa shape index (κ3) is 3.66. The third-order valence-corrected chi connectivity index (χ3v) is 4.34. The lowest BCUT2D eigenvalue weighted by Crippen LogP contribution is -2.12. The molecule has 0 spiro atoms. The summed E-state index contributed by atoms with van der Waals surface area (Å²) >= 11 is 1.53. The van der Waals surface area contributed by atoms with Crippen molar-refractivity contribution in [2.45, 2.75) is 6.92 Å². The molecular weight excluding hydrogens is 338 g/mol. The highest BCUT2D eigenvalue weighted by Crippen LogP contribution is 2.27. The minimum Gasteiger partial charge on any atom is -0.493 e. The highest BCUT2D eigenvalue weighted by molar-refractivity contribution is 7.07. The van der Waals surface area contributed by atoms with Crippen molar-refractivity contribution in [1.82, 2.24) is 4.68 Å². The summed E-state index contributed by atoms with van der Waals surface area (Å²) in [5, 5.41) is 6.58. The lowest BCUT2D eigenvalue weighted by Gasteiger charge is -2.07. The first kappa shape index (κ1) is 17.0. The zero-order valence-corrected chi connectivity index (χ0v) is 15.1. The smallest absolute Gasteiger partial charge is 0.206 e. The van der Waals surface area contributed by atoms with Crippen molar-refractivity contribution in [3.8, 4) is 23.0 Å². The number of benzene rings is 1. The van der Waals surface area contributed by atoms with E-state index < -0.39 is 0 Å². The van der Waals surface area contributed by atoms with E-state index in [2.05, 4.69) is 10.1 Å². The zero-order valence-electron chi connectivity index (χ0n) is 14.3. The van der Waals surface area contributed by atoms with Crippen molar-refractivity contribution >= 4 is 17.6 Å². The number of rotatable bonds is 6. The molecule has 0 unspecified atom stereocenters. The van der Waals surface area contributed by atoms with Crippen LogP contribution in [0.3, 0.4) is 0 Å². The topological polar surface area (TPSA) is 61.2 Å². The van der Waals surface area contributed by atoms with E-state index >= 15 is 0 Å². The van der Waals surface area contributed by atoms with E-state index in [1.54, 1.807) is 31.4 Å². The molecule has 7 heteroatoms. The second-order valence-electron chi connectivity index (χ2n) is 5.03. The Bertz CT molecular complexity index is 923. The molecule has 0 aliphatic carbocycles. The minimum atomic E-state index is 0.659. The number of hydrogen-bond donors (Lipinski definition) is 0. The molecule has 0 bridgehead atoms. The van der Waals surface area contributed by atoms with E-state index in [4.69, 9.17) is 13.9 Å². The zero-order chi connectivity index (χ0) is 17.6. The van der Waals surface area contributed by atoms with Gasteiger partial charge in [-0.05, 0) is 42.8 Å². The summed E-state index contributed by atoms with van der Waals surface area (Å²) in [6, 6.07) is 9.40. The van der Waals surface area contributed by atoms with E-state index in [1.807, 2.05) is 42.6 Å². The quantitative estimate of drug-likeness (QED) is 0.633. The fraction of sp³-hybridized carbons (Fsp3) is 0.222. The Labute approximate surface area is 149 Å². The number of methoxy groups -OCH3 is 2. The minimum absolute atomic E-state index is 0.659. The fourth-order valence-electron chi connectivity index (χ4n) is 2.31. The van der Waals surface area contributed by atoms with Crippen molar-refractivity contribution in [1.29, 1.82) is 0 Å². The van der Waals surface area contributed by atoms with Gasteiger partial charge in [0.1, 0.15) is 5.69 Å². The summed E-state index contributed by atoms with van der Waals surface area (Å²) in [4.78, 5) is 5.30. The Hall–Kier alpha value is -2.80. The van der Waals surface area contributed by atoms with E-state index in [-0.39, 0.29) is 0 Å². The van der Waals surface area contributed by atoms with Crippen LogP contribution < -0.4 is 14.3 Å². The average molecular weight is 357 g/mol. The van der Waals surface area contributed by atoms with Crippen molar-refractivity contribution in [2.75, 3.05) is 20.8 Å². The van der Waals surface area contributed by atoms with Crippen LogP contribution in [0.25, 0.3) is 11.5 Å². The molecule has 0 fully saturated rings. The fourth-order valence-corrected chi connectivity index (χ4v) is 3.19. The maximum Gasteiger partial charge on any atom is 0.206 e. The summed E-state index contributed by atoms with van der Waals surface area (Å²) in [6.07, 6.45) is 3.40. The van der Waals surface area contributed by atoms with Crippen LogP contribution in [-0.2, 0) is 0 Å².